The fourth-order valence-electron chi connectivity index (χ4n) is 3.34. The van der Waals surface area contributed by atoms with Gasteiger partial charge in [-0.3, -0.25) is 0 Å². The van der Waals surface area contributed by atoms with E-state index in [1.165, 1.54) is 24.4 Å². The maximum atomic E-state index is 4.63. The van der Waals surface area contributed by atoms with Gasteiger partial charge in [0.1, 0.15) is 0 Å². The Kier molecular flexibility index (Phi) is 2.52. The van der Waals surface area contributed by atoms with Crippen LogP contribution in [0.2, 0.25) is 0 Å². The van der Waals surface area contributed by atoms with Crippen molar-refractivity contribution in [2.75, 3.05) is 26.7 Å². The highest BCUT2D eigenvalue weighted by atomic mass is 15.2. The molecule has 0 saturated carbocycles. The van der Waals surface area contributed by atoms with Gasteiger partial charge in [-0.05, 0) is 27.3 Å². The maximum absolute atomic E-state index is 4.63. The van der Waals surface area contributed by atoms with Crippen molar-refractivity contribution in [3.8, 4) is 0 Å². The molecule has 1 fully saturated rings. The Bertz CT molecular complexity index is 423. The number of fused-ring (bicyclic) bond motifs is 2. The van der Waals surface area contributed by atoms with Crippen molar-refractivity contribution in [2.45, 2.75) is 38.3 Å². The van der Waals surface area contributed by atoms with Crippen molar-refractivity contribution in [1.29, 1.82) is 0 Å². The van der Waals surface area contributed by atoms with Crippen molar-refractivity contribution in [3.05, 3.63) is 17.7 Å². The smallest absolute Gasteiger partial charge is 0.0954 e. The Hall–Kier alpha value is -0.870. The predicted octanol–water partition coefficient (Wildman–Crippen LogP) is 1.14. The lowest BCUT2D eigenvalue weighted by atomic mass is 9.88. The van der Waals surface area contributed by atoms with E-state index in [0.717, 1.165) is 19.5 Å². The van der Waals surface area contributed by atoms with Gasteiger partial charge in [-0.2, -0.15) is 0 Å². The van der Waals surface area contributed by atoms with Gasteiger partial charge in [0.2, 0.25) is 0 Å². The van der Waals surface area contributed by atoms with E-state index < -0.39 is 0 Å². The first kappa shape index (κ1) is 11.2. The quantitative estimate of drug-likeness (QED) is 0.791. The second kappa shape index (κ2) is 3.82. The molecular weight excluding hydrogens is 212 g/mol. The lowest BCUT2D eigenvalue weighted by molar-refractivity contribution is 0.282. The second-order valence-corrected chi connectivity index (χ2v) is 5.79. The van der Waals surface area contributed by atoms with Crippen molar-refractivity contribution >= 4 is 0 Å². The first-order valence-corrected chi connectivity index (χ1v) is 6.62. The molecule has 1 N–H and O–H groups in total. The van der Waals surface area contributed by atoms with Gasteiger partial charge < -0.3 is 14.8 Å². The third kappa shape index (κ3) is 1.62. The topological polar surface area (TPSA) is 33.1 Å². The Morgan fingerprint density at radius 1 is 1.47 bits per heavy atom. The zero-order chi connectivity index (χ0) is 12.0. The number of rotatable bonds is 1. The normalized spacial score (nSPS) is 29.2. The molecule has 0 radical (unpaired) electrons. The molecule has 1 aromatic rings. The van der Waals surface area contributed by atoms with Gasteiger partial charge in [-0.15, -0.1) is 0 Å². The van der Waals surface area contributed by atoms with Gasteiger partial charge >= 0.3 is 0 Å². The van der Waals surface area contributed by atoms with Crippen LogP contribution in [0.3, 0.4) is 0 Å². The number of likely N-dealkylation sites (N-methyl/N-ethyl adjacent to an activating group) is 1. The first-order valence-electron chi connectivity index (χ1n) is 6.62. The van der Waals surface area contributed by atoms with Gasteiger partial charge in [-0.1, -0.05) is 0 Å². The molecular formula is C13H22N4. The summed E-state index contributed by atoms with van der Waals surface area (Å²) in [6.07, 6.45) is 4.30. The summed E-state index contributed by atoms with van der Waals surface area (Å²) in [5, 5.41) is 3.76. The van der Waals surface area contributed by atoms with Crippen LogP contribution in [0, 0.1) is 0 Å². The number of likely N-dealkylation sites (tertiary alicyclic amines) is 1. The molecule has 1 unspecified atom stereocenters. The van der Waals surface area contributed by atoms with E-state index >= 15 is 0 Å². The summed E-state index contributed by atoms with van der Waals surface area (Å²) in [6, 6.07) is 0.494. The largest absolute Gasteiger partial charge is 0.330 e. The predicted molar refractivity (Wildman–Crippen MR) is 68.1 cm³/mol. The van der Waals surface area contributed by atoms with Crippen LogP contribution in [0.1, 0.15) is 37.7 Å². The van der Waals surface area contributed by atoms with E-state index in [1.54, 1.807) is 0 Å². The van der Waals surface area contributed by atoms with E-state index in [0.29, 0.717) is 6.04 Å². The van der Waals surface area contributed by atoms with Crippen LogP contribution in [0.15, 0.2) is 6.33 Å². The summed E-state index contributed by atoms with van der Waals surface area (Å²) in [7, 11) is 2.21. The maximum Gasteiger partial charge on any atom is 0.0954 e. The summed E-state index contributed by atoms with van der Waals surface area (Å²) < 4.78 is 2.36. The molecule has 2 aliphatic heterocycles. The van der Waals surface area contributed by atoms with E-state index in [-0.39, 0.29) is 5.54 Å². The minimum atomic E-state index is 0.156. The Balaban J connectivity index is 2.09. The molecule has 0 amide bonds. The number of nitrogens with one attached hydrogen (secondary N) is 1. The van der Waals surface area contributed by atoms with Gasteiger partial charge in [0.15, 0.2) is 0 Å². The van der Waals surface area contributed by atoms with Crippen LogP contribution in [0.5, 0.6) is 0 Å². The van der Waals surface area contributed by atoms with Crippen molar-refractivity contribution in [2.24, 2.45) is 0 Å². The number of aromatic nitrogens is 2. The third-order valence-electron chi connectivity index (χ3n) is 4.16. The molecule has 1 atom stereocenters. The summed E-state index contributed by atoms with van der Waals surface area (Å²) in [6.45, 7) is 7.83. The Morgan fingerprint density at radius 3 is 2.94 bits per heavy atom. The van der Waals surface area contributed by atoms with Gasteiger partial charge in [0, 0.05) is 32.1 Å². The Morgan fingerprint density at radius 2 is 2.29 bits per heavy atom. The van der Waals surface area contributed by atoms with E-state index in [9.17, 15) is 0 Å². The molecule has 3 rings (SSSR count). The summed E-state index contributed by atoms with van der Waals surface area (Å²) in [5.41, 5.74) is 2.92. The summed E-state index contributed by atoms with van der Waals surface area (Å²) in [5.74, 6) is 0. The van der Waals surface area contributed by atoms with Crippen molar-refractivity contribution < 1.29 is 0 Å². The molecule has 0 aromatic carbocycles. The number of nitrogens with zero attached hydrogens (tertiary/aromatic N) is 3. The fraction of sp³-hybridized carbons (Fsp3) is 0.769. The molecule has 2 aliphatic rings. The van der Waals surface area contributed by atoms with Crippen LogP contribution in [0.4, 0.5) is 0 Å². The molecule has 1 spiro atoms. The van der Waals surface area contributed by atoms with Crippen LogP contribution in [0.25, 0.3) is 0 Å². The minimum absolute atomic E-state index is 0.156. The van der Waals surface area contributed by atoms with E-state index in [2.05, 4.69) is 40.7 Å². The van der Waals surface area contributed by atoms with Crippen LogP contribution in [-0.4, -0.2) is 41.1 Å². The third-order valence-corrected chi connectivity index (χ3v) is 4.16. The molecule has 94 valence electrons. The average molecular weight is 234 g/mol. The molecule has 17 heavy (non-hydrogen) atoms. The number of hydrogen-bond donors (Lipinski definition) is 1. The van der Waals surface area contributed by atoms with Gasteiger partial charge in [-0.25, -0.2) is 4.98 Å². The van der Waals surface area contributed by atoms with Gasteiger partial charge in [0.05, 0.1) is 23.3 Å². The van der Waals surface area contributed by atoms with Crippen molar-refractivity contribution in [3.63, 3.8) is 0 Å². The molecule has 1 saturated heterocycles. The highest BCUT2D eigenvalue weighted by Gasteiger charge is 2.44. The highest BCUT2D eigenvalue weighted by Crippen LogP contribution is 2.36. The molecule has 4 heteroatoms. The molecule has 1 aromatic heterocycles. The molecule has 0 aliphatic carbocycles. The lowest BCUT2D eigenvalue weighted by Gasteiger charge is -2.36. The highest BCUT2D eigenvalue weighted by molar-refractivity contribution is 5.29. The van der Waals surface area contributed by atoms with E-state index in [1.807, 2.05) is 6.33 Å². The van der Waals surface area contributed by atoms with Crippen LogP contribution in [-0.2, 0) is 12.0 Å². The van der Waals surface area contributed by atoms with Crippen molar-refractivity contribution in [1.82, 2.24) is 19.8 Å². The summed E-state index contributed by atoms with van der Waals surface area (Å²) in [4.78, 5) is 7.04. The monoisotopic (exact) mass is 234 g/mol. The fourth-order valence-corrected chi connectivity index (χ4v) is 3.34. The first-order chi connectivity index (χ1) is 8.12. The Labute approximate surface area is 103 Å². The van der Waals surface area contributed by atoms with Gasteiger partial charge in [0.25, 0.3) is 0 Å². The average Bonchev–Trinajstić information content (AvgIpc) is 2.85. The number of imidazole rings is 1. The molecule has 3 heterocycles. The number of hydrogen-bond acceptors (Lipinski definition) is 3. The van der Waals surface area contributed by atoms with E-state index in [4.69, 9.17) is 0 Å². The minimum Gasteiger partial charge on any atom is -0.330 e. The molecule has 4 nitrogen and oxygen atoms in total. The van der Waals surface area contributed by atoms with Crippen LogP contribution < -0.4 is 5.32 Å². The zero-order valence-corrected chi connectivity index (χ0v) is 11.0. The second-order valence-electron chi connectivity index (χ2n) is 5.79. The SMILES string of the molecule is CC(C)n1cnc2c1C1(CCN(C)C1)NCC2. The zero-order valence-electron chi connectivity index (χ0n) is 11.0. The standard InChI is InChI=1S/C13H22N4/c1-10(2)17-9-14-11-4-6-15-13(12(11)17)5-7-16(3)8-13/h9-10,15H,4-8H2,1-3H3. The molecule has 0 bridgehead atoms. The van der Waals surface area contributed by atoms with Crippen LogP contribution >= 0.6 is 0 Å². The summed E-state index contributed by atoms with van der Waals surface area (Å²) >= 11 is 0. The lowest BCUT2D eigenvalue weighted by Crippen LogP contribution is -2.50.